The Kier molecular flexibility index (Phi) is 6.80. The molecule has 0 amide bonds. The SMILES string of the molecule is C1=CC(c2cccc(-c3cccc(-c4nc(-c5ccccc5)nc5c4oc4ccccc45)c3)c2)=CC2=C(C1)c1ccccc1C21CCCCC1. The maximum Gasteiger partial charge on any atom is 0.180 e. The average Bonchev–Trinajstić information content (AvgIpc) is 3.56. The highest BCUT2D eigenvalue weighted by Crippen LogP contribution is 2.56. The van der Waals surface area contributed by atoms with Crippen molar-refractivity contribution in [2.24, 2.45) is 0 Å². The fourth-order valence-corrected chi connectivity index (χ4v) is 8.80. The first-order valence-corrected chi connectivity index (χ1v) is 17.9. The Labute approximate surface area is 292 Å². The number of para-hydroxylation sites is 1. The molecular formula is C47H36N2O. The molecule has 7 aromatic rings. The van der Waals surface area contributed by atoms with E-state index in [1.54, 1.807) is 11.1 Å². The van der Waals surface area contributed by atoms with Crippen LogP contribution in [0.4, 0.5) is 0 Å². The van der Waals surface area contributed by atoms with Crippen molar-refractivity contribution in [1.29, 1.82) is 0 Å². The number of hydrogen-bond acceptors (Lipinski definition) is 3. The van der Waals surface area contributed by atoms with Gasteiger partial charge in [-0.1, -0.05) is 135 Å². The molecule has 1 fully saturated rings. The average molecular weight is 645 g/mol. The van der Waals surface area contributed by atoms with Crippen LogP contribution in [-0.2, 0) is 5.41 Å². The van der Waals surface area contributed by atoms with Gasteiger partial charge in [0, 0.05) is 21.9 Å². The monoisotopic (exact) mass is 644 g/mol. The van der Waals surface area contributed by atoms with Crippen molar-refractivity contribution in [2.45, 2.75) is 43.9 Å². The van der Waals surface area contributed by atoms with E-state index in [1.807, 2.05) is 36.4 Å². The van der Waals surface area contributed by atoms with E-state index in [0.717, 1.165) is 45.3 Å². The van der Waals surface area contributed by atoms with Crippen LogP contribution in [0.3, 0.4) is 0 Å². The van der Waals surface area contributed by atoms with Gasteiger partial charge >= 0.3 is 0 Å². The molecule has 3 aliphatic rings. The second-order valence-corrected chi connectivity index (χ2v) is 14.0. The van der Waals surface area contributed by atoms with Gasteiger partial charge in [-0.15, -0.1) is 0 Å². The minimum absolute atomic E-state index is 0.144. The van der Waals surface area contributed by atoms with Crippen molar-refractivity contribution in [2.75, 3.05) is 0 Å². The van der Waals surface area contributed by atoms with Crippen LogP contribution in [-0.4, -0.2) is 9.97 Å². The van der Waals surface area contributed by atoms with Crippen LogP contribution in [0.1, 0.15) is 55.2 Å². The lowest BCUT2D eigenvalue weighted by molar-refractivity contribution is 0.350. The summed E-state index contributed by atoms with van der Waals surface area (Å²) in [6.45, 7) is 0. The van der Waals surface area contributed by atoms with Crippen LogP contribution in [0.2, 0.25) is 0 Å². The van der Waals surface area contributed by atoms with Gasteiger partial charge in [0.25, 0.3) is 0 Å². The molecule has 5 aromatic carbocycles. The number of fused-ring (bicyclic) bond motifs is 7. The van der Waals surface area contributed by atoms with Crippen LogP contribution in [0.15, 0.2) is 156 Å². The number of nitrogens with zero attached hydrogens (tertiary/aromatic N) is 2. The zero-order valence-electron chi connectivity index (χ0n) is 27.9. The molecule has 1 spiro atoms. The summed E-state index contributed by atoms with van der Waals surface area (Å²) >= 11 is 0. The minimum Gasteiger partial charge on any atom is -0.452 e. The summed E-state index contributed by atoms with van der Waals surface area (Å²) in [5.41, 5.74) is 16.2. The van der Waals surface area contributed by atoms with Gasteiger partial charge in [0.05, 0.1) is 0 Å². The Morgan fingerprint density at radius 3 is 2.16 bits per heavy atom. The van der Waals surface area contributed by atoms with Gasteiger partial charge in [-0.2, -0.15) is 0 Å². The quantitative estimate of drug-likeness (QED) is 0.191. The highest BCUT2D eigenvalue weighted by atomic mass is 16.3. The third-order valence-electron chi connectivity index (χ3n) is 11.2. The summed E-state index contributed by atoms with van der Waals surface area (Å²) in [7, 11) is 0. The van der Waals surface area contributed by atoms with Crippen molar-refractivity contribution in [3.05, 3.63) is 168 Å². The Morgan fingerprint density at radius 2 is 1.30 bits per heavy atom. The molecule has 0 N–H and O–H groups in total. The minimum atomic E-state index is 0.144. The van der Waals surface area contributed by atoms with E-state index >= 15 is 0 Å². The molecular weight excluding hydrogens is 609 g/mol. The first-order chi connectivity index (χ1) is 24.7. The second kappa shape index (κ2) is 11.7. The zero-order chi connectivity index (χ0) is 33.1. The van der Waals surface area contributed by atoms with Gasteiger partial charge < -0.3 is 4.42 Å². The maximum atomic E-state index is 6.45. The van der Waals surface area contributed by atoms with E-state index in [-0.39, 0.29) is 5.41 Å². The van der Waals surface area contributed by atoms with Gasteiger partial charge in [0.1, 0.15) is 16.8 Å². The molecule has 0 aliphatic heterocycles. The number of rotatable bonds is 4. The third-order valence-corrected chi connectivity index (χ3v) is 11.2. The number of furan rings is 1. The smallest absolute Gasteiger partial charge is 0.180 e. The lowest BCUT2D eigenvalue weighted by Gasteiger charge is -2.37. The molecule has 0 saturated heterocycles. The molecule has 3 aliphatic carbocycles. The molecule has 3 heteroatoms. The summed E-state index contributed by atoms with van der Waals surface area (Å²) in [5, 5.41) is 0.996. The maximum absolute atomic E-state index is 6.45. The van der Waals surface area contributed by atoms with Gasteiger partial charge in [0.15, 0.2) is 11.4 Å². The Hall–Kier alpha value is -5.80. The van der Waals surface area contributed by atoms with Gasteiger partial charge in [-0.25, -0.2) is 9.97 Å². The summed E-state index contributed by atoms with van der Waals surface area (Å²) in [6.07, 6.45) is 14.7. The molecule has 2 heterocycles. The van der Waals surface area contributed by atoms with Gasteiger partial charge in [0.2, 0.25) is 0 Å². The molecule has 0 radical (unpaired) electrons. The van der Waals surface area contributed by atoms with Gasteiger partial charge in [-0.3, -0.25) is 0 Å². The fourth-order valence-electron chi connectivity index (χ4n) is 8.80. The van der Waals surface area contributed by atoms with Crippen molar-refractivity contribution >= 4 is 33.2 Å². The second-order valence-electron chi connectivity index (χ2n) is 14.0. The van der Waals surface area contributed by atoms with E-state index in [4.69, 9.17) is 14.4 Å². The van der Waals surface area contributed by atoms with Gasteiger partial charge in [-0.05, 0) is 94.1 Å². The summed E-state index contributed by atoms with van der Waals surface area (Å²) in [4.78, 5) is 10.2. The first kappa shape index (κ1) is 29.1. The molecule has 10 rings (SSSR count). The number of aromatic nitrogens is 2. The molecule has 0 unspecified atom stereocenters. The molecule has 240 valence electrons. The van der Waals surface area contributed by atoms with Crippen molar-refractivity contribution < 1.29 is 4.42 Å². The van der Waals surface area contributed by atoms with E-state index in [0.29, 0.717) is 11.4 Å². The Balaban J connectivity index is 1.07. The van der Waals surface area contributed by atoms with E-state index in [9.17, 15) is 0 Å². The number of benzene rings is 5. The third kappa shape index (κ3) is 4.64. The molecule has 0 bridgehead atoms. The highest BCUT2D eigenvalue weighted by molar-refractivity contribution is 6.07. The van der Waals surface area contributed by atoms with E-state index < -0.39 is 0 Å². The lowest BCUT2D eigenvalue weighted by Crippen LogP contribution is -2.28. The fraction of sp³-hybridized carbons (Fsp3) is 0.149. The molecule has 2 aromatic heterocycles. The standard InChI is InChI=1S/C47H36N2O/c1-3-14-31(15-4-1)46-48-43(45-44(49-46)39-22-6-8-25-42(39)50-45)36-20-12-18-34(29-36)32-16-11-17-33(28-32)35-19-13-23-38-37-21-5-7-24-40(37)47(41(38)30-35)26-9-2-10-27-47/h1,3-8,11-22,24-25,28-30H,2,9-10,23,26-27H2. The largest absolute Gasteiger partial charge is 0.452 e. The lowest BCUT2D eigenvalue weighted by atomic mass is 9.66. The molecule has 3 nitrogen and oxygen atoms in total. The summed E-state index contributed by atoms with van der Waals surface area (Å²) in [5.74, 6) is 0.692. The molecule has 0 atom stereocenters. The highest BCUT2D eigenvalue weighted by Gasteiger charge is 2.44. The van der Waals surface area contributed by atoms with Crippen molar-refractivity contribution in [3.63, 3.8) is 0 Å². The normalized spacial score (nSPS) is 16.4. The Morgan fingerprint density at radius 1 is 0.600 bits per heavy atom. The summed E-state index contributed by atoms with van der Waals surface area (Å²) < 4.78 is 6.45. The van der Waals surface area contributed by atoms with Crippen LogP contribution in [0.25, 0.3) is 67.0 Å². The predicted molar refractivity (Wildman–Crippen MR) is 205 cm³/mol. The topological polar surface area (TPSA) is 38.9 Å². The predicted octanol–water partition coefficient (Wildman–Crippen LogP) is 12.4. The van der Waals surface area contributed by atoms with Crippen molar-refractivity contribution in [1.82, 2.24) is 9.97 Å². The van der Waals surface area contributed by atoms with Crippen molar-refractivity contribution in [3.8, 4) is 33.8 Å². The van der Waals surface area contributed by atoms with E-state index in [2.05, 4.69) is 109 Å². The number of hydrogen-bond donors (Lipinski definition) is 0. The van der Waals surface area contributed by atoms with Crippen LogP contribution >= 0.6 is 0 Å². The van der Waals surface area contributed by atoms with Crippen LogP contribution < -0.4 is 0 Å². The molecule has 1 saturated carbocycles. The summed E-state index contributed by atoms with van der Waals surface area (Å²) in [6, 6.07) is 45.2. The van der Waals surface area contributed by atoms with E-state index in [1.165, 1.54) is 59.9 Å². The zero-order valence-corrected chi connectivity index (χ0v) is 27.9. The van der Waals surface area contributed by atoms with Crippen LogP contribution in [0, 0.1) is 0 Å². The first-order valence-electron chi connectivity index (χ1n) is 17.9. The van der Waals surface area contributed by atoms with Crippen LogP contribution in [0.5, 0.6) is 0 Å². The molecule has 50 heavy (non-hydrogen) atoms. The number of allylic oxidation sites excluding steroid dienone is 6. The Bertz CT molecular complexity index is 2540.